The molecule has 1 aromatic carbocycles. The summed E-state index contributed by atoms with van der Waals surface area (Å²) in [7, 11) is 0. The maximum Gasteiger partial charge on any atom is 0.406 e. The van der Waals surface area contributed by atoms with Crippen molar-refractivity contribution in [2.45, 2.75) is 40.4 Å². The van der Waals surface area contributed by atoms with E-state index in [-0.39, 0.29) is 18.8 Å². The van der Waals surface area contributed by atoms with Gasteiger partial charge in [0.25, 0.3) is 5.91 Å². The lowest BCUT2D eigenvalue weighted by atomic mass is 10.1. The second-order valence-electron chi connectivity index (χ2n) is 7.89. The number of rotatable bonds is 8. The van der Waals surface area contributed by atoms with Gasteiger partial charge < -0.3 is 20.6 Å². The van der Waals surface area contributed by atoms with Gasteiger partial charge >= 0.3 is 6.18 Å². The van der Waals surface area contributed by atoms with Crippen molar-refractivity contribution in [3.05, 3.63) is 46.1 Å². The van der Waals surface area contributed by atoms with Crippen LogP contribution in [0.3, 0.4) is 0 Å². The molecule has 0 saturated carbocycles. The van der Waals surface area contributed by atoms with Gasteiger partial charge in [0.15, 0.2) is 10.9 Å². The molecule has 188 valence electrons. The first-order valence-electron chi connectivity index (χ1n) is 10.6. The second kappa shape index (κ2) is 10.3. The second-order valence-corrected chi connectivity index (χ2v) is 8.92. The van der Waals surface area contributed by atoms with Crippen LogP contribution in [-0.4, -0.2) is 55.9 Å². The van der Waals surface area contributed by atoms with Crippen molar-refractivity contribution in [3.63, 3.8) is 0 Å². The third kappa shape index (κ3) is 6.50. The average molecular weight is 511 g/mol. The molecule has 0 aliphatic heterocycles. The van der Waals surface area contributed by atoms with Gasteiger partial charge in [-0.3, -0.25) is 14.3 Å². The van der Waals surface area contributed by atoms with Crippen molar-refractivity contribution < 1.29 is 27.9 Å². The number of benzene rings is 1. The fourth-order valence-corrected chi connectivity index (χ4v) is 4.01. The Morgan fingerprint density at radius 3 is 2.57 bits per heavy atom. The number of phenolic OH excluding ortho intramolecular Hbond substituents is 1. The number of hydrogen-bond donors (Lipinski definition) is 3. The van der Waals surface area contributed by atoms with Gasteiger partial charge in [-0.1, -0.05) is 17.4 Å². The molecule has 2 amide bonds. The molecule has 0 unspecified atom stereocenters. The fourth-order valence-electron chi connectivity index (χ4n) is 3.30. The van der Waals surface area contributed by atoms with E-state index in [4.69, 9.17) is 0 Å². The molecule has 35 heavy (non-hydrogen) atoms. The van der Waals surface area contributed by atoms with Crippen molar-refractivity contribution in [2.24, 2.45) is 0 Å². The number of alkyl halides is 3. The molecule has 0 aliphatic rings. The predicted octanol–water partition coefficient (Wildman–Crippen LogP) is 4.38. The molecule has 3 N–H and O–H groups in total. The van der Waals surface area contributed by atoms with Crippen molar-refractivity contribution in [3.8, 4) is 5.75 Å². The number of likely N-dealkylation sites (N-methyl/N-ethyl adjacent to an activating group) is 1. The fraction of sp³-hybridized carbons (Fsp3) is 0.364. The van der Waals surface area contributed by atoms with Crippen LogP contribution in [0.5, 0.6) is 5.75 Å². The van der Waals surface area contributed by atoms with Gasteiger partial charge in [0.2, 0.25) is 5.91 Å². The van der Waals surface area contributed by atoms with Crippen LogP contribution in [0, 0.1) is 20.8 Å². The molecule has 0 spiro atoms. The number of aromatic nitrogens is 3. The molecule has 13 heteroatoms. The predicted molar refractivity (Wildman–Crippen MR) is 126 cm³/mol. The lowest BCUT2D eigenvalue weighted by Gasteiger charge is -2.22. The smallest absolute Gasteiger partial charge is 0.406 e. The van der Waals surface area contributed by atoms with Crippen molar-refractivity contribution in [1.29, 1.82) is 0 Å². The van der Waals surface area contributed by atoms with Crippen LogP contribution in [0.25, 0.3) is 0 Å². The number of thiazole rings is 1. The van der Waals surface area contributed by atoms with Gasteiger partial charge in [-0.25, -0.2) is 4.98 Å². The van der Waals surface area contributed by atoms with Gasteiger partial charge in [-0.2, -0.15) is 18.3 Å². The van der Waals surface area contributed by atoms with Gasteiger partial charge in [0, 0.05) is 23.9 Å². The molecule has 0 atom stereocenters. The first kappa shape index (κ1) is 26.0. The number of nitrogens with zero attached hydrogens (tertiary/aromatic N) is 4. The number of anilines is 3. The first-order chi connectivity index (χ1) is 16.4. The van der Waals surface area contributed by atoms with E-state index in [2.05, 4.69) is 20.7 Å². The largest absolute Gasteiger partial charge is 0.508 e. The van der Waals surface area contributed by atoms with Crippen LogP contribution >= 0.6 is 11.3 Å². The molecular weight excluding hydrogens is 485 g/mol. The normalized spacial score (nSPS) is 11.4. The Kier molecular flexibility index (Phi) is 7.68. The first-order valence-corrected chi connectivity index (χ1v) is 11.4. The van der Waals surface area contributed by atoms with Gasteiger partial charge in [0.1, 0.15) is 23.7 Å². The Balaban J connectivity index is 1.67. The molecular formula is C22H25F3N6O3S. The standard InChI is InChI=1S/C22H25F3N6O3S/c1-5-30(11-22(23,24)25)17(33)10-31-9-13(3)19(29-31)28-21-26-8-16(35-21)20(34)27-18-12(2)6-7-15(32)14(18)4/h6-9,32H,5,10-11H2,1-4H3,(H,27,34)(H,26,28,29). The SMILES string of the molecule is CCN(CC(F)(F)F)C(=O)Cn1cc(C)c(Nc2ncc(C(=O)Nc3c(C)ccc(O)c3C)s2)n1. The average Bonchev–Trinajstić information content (AvgIpc) is 3.38. The van der Waals surface area contributed by atoms with E-state index in [0.717, 1.165) is 16.9 Å². The van der Waals surface area contributed by atoms with Gasteiger partial charge in [-0.15, -0.1) is 0 Å². The summed E-state index contributed by atoms with van der Waals surface area (Å²) in [6, 6.07) is 3.25. The van der Waals surface area contributed by atoms with Crippen molar-refractivity contribution in [2.75, 3.05) is 23.7 Å². The minimum atomic E-state index is -4.48. The molecule has 9 nitrogen and oxygen atoms in total. The Morgan fingerprint density at radius 1 is 1.20 bits per heavy atom. The Bertz CT molecular complexity index is 1240. The zero-order chi connectivity index (χ0) is 25.9. The minimum Gasteiger partial charge on any atom is -0.508 e. The highest BCUT2D eigenvalue weighted by atomic mass is 32.1. The quantitative estimate of drug-likeness (QED) is 0.415. The molecule has 2 heterocycles. The van der Waals surface area contributed by atoms with Crippen LogP contribution in [0.15, 0.2) is 24.5 Å². The van der Waals surface area contributed by atoms with E-state index in [1.165, 1.54) is 24.0 Å². The van der Waals surface area contributed by atoms with E-state index < -0.39 is 24.5 Å². The molecule has 0 bridgehead atoms. The number of aryl methyl sites for hydroxylation is 2. The summed E-state index contributed by atoms with van der Waals surface area (Å²) < 4.78 is 39.3. The van der Waals surface area contributed by atoms with Crippen LogP contribution in [0.1, 0.15) is 33.3 Å². The summed E-state index contributed by atoms with van der Waals surface area (Å²) >= 11 is 1.07. The zero-order valence-electron chi connectivity index (χ0n) is 19.5. The number of amides is 2. The van der Waals surface area contributed by atoms with Crippen LogP contribution in [0.4, 0.5) is 29.8 Å². The molecule has 2 aromatic heterocycles. The zero-order valence-corrected chi connectivity index (χ0v) is 20.3. The summed E-state index contributed by atoms with van der Waals surface area (Å²) in [4.78, 5) is 30.2. The number of carbonyl (C=O) groups is 2. The molecule has 0 radical (unpaired) electrons. The van der Waals surface area contributed by atoms with Crippen LogP contribution in [0.2, 0.25) is 0 Å². The molecule has 0 fully saturated rings. The maximum atomic E-state index is 12.7. The topological polar surface area (TPSA) is 112 Å². The number of aromatic hydroxyl groups is 1. The van der Waals surface area contributed by atoms with E-state index in [0.29, 0.717) is 37.5 Å². The minimum absolute atomic E-state index is 0.0718. The van der Waals surface area contributed by atoms with Gasteiger partial charge in [0.05, 0.1) is 11.9 Å². The third-order valence-electron chi connectivity index (χ3n) is 5.18. The summed E-state index contributed by atoms with van der Waals surface area (Å²) in [5.41, 5.74) is 2.51. The molecule has 0 aliphatic carbocycles. The number of phenols is 1. The number of halogens is 3. The molecule has 3 aromatic rings. The Labute approximate surface area is 203 Å². The lowest BCUT2D eigenvalue weighted by Crippen LogP contribution is -2.40. The Hall–Kier alpha value is -3.61. The van der Waals surface area contributed by atoms with E-state index >= 15 is 0 Å². The summed E-state index contributed by atoms with van der Waals surface area (Å²) in [6.45, 7) is 4.97. The molecule has 3 rings (SSSR count). The lowest BCUT2D eigenvalue weighted by molar-refractivity contribution is -0.161. The highest BCUT2D eigenvalue weighted by Crippen LogP contribution is 2.30. The van der Waals surface area contributed by atoms with E-state index in [9.17, 15) is 27.9 Å². The number of carbonyl (C=O) groups excluding carboxylic acids is 2. The summed E-state index contributed by atoms with van der Waals surface area (Å²) in [5, 5.41) is 20.2. The highest BCUT2D eigenvalue weighted by Gasteiger charge is 2.32. The number of nitrogens with one attached hydrogen (secondary N) is 2. The van der Waals surface area contributed by atoms with Crippen molar-refractivity contribution >= 4 is 39.8 Å². The van der Waals surface area contributed by atoms with E-state index in [1.807, 2.05) is 6.92 Å². The Morgan fingerprint density at radius 2 is 1.91 bits per heavy atom. The van der Waals surface area contributed by atoms with E-state index in [1.54, 1.807) is 26.0 Å². The molecule has 0 saturated heterocycles. The summed E-state index contributed by atoms with van der Waals surface area (Å²) in [5.74, 6) is -0.672. The van der Waals surface area contributed by atoms with Crippen LogP contribution < -0.4 is 10.6 Å². The maximum absolute atomic E-state index is 12.7. The van der Waals surface area contributed by atoms with Crippen molar-refractivity contribution in [1.82, 2.24) is 19.7 Å². The van der Waals surface area contributed by atoms with Crippen LogP contribution in [-0.2, 0) is 11.3 Å². The monoisotopic (exact) mass is 510 g/mol. The highest BCUT2D eigenvalue weighted by molar-refractivity contribution is 7.17. The van der Waals surface area contributed by atoms with Gasteiger partial charge in [-0.05, 0) is 39.3 Å². The third-order valence-corrected chi connectivity index (χ3v) is 6.10. The number of hydrogen-bond acceptors (Lipinski definition) is 7. The summed E-state index contributed by atoms with van der Waals surface area (Å²) in [6.07, 6.45) is -1.55.